The van der Waals surface area contributed by atoms with Gasteiger partial charge in [-0.15, -0.1) is 0 Å². The first-order valence-corrected chi connectivity index (χ1v) is 8.14. The van der Waals surface area contributed by atoms with Gasteiger partial charge in [0.15, 0.2) is 0 Å². The van der Waals surface area contributed by atoms with Gasteiger partial charge in [0.25, 0.3) is 5.91 Å². The van der Waals surface area contributed by atoms with E-state index in [9.17, 15) is 4.79 Å². The number of rotatable bonds is 2. The summed E-state index contributed by atoms with van der Waals surface area (Å²) in [4.78, 5) is 14.9. The number of benzene rings is 1. The lowest BCUT2D eigenvalue weighted by Crippen LogP contribution is -2.39. The average Bonchev–Trinajstić information content (AvgIpc) is 2.91. The molecular formula is C16H20BrNO2. The summed E-state index contributed by atoms with van der Waals surface area (Å²) in [5.74, 6) is 1.60. The van der Waals surface area contributed by atoms with Crippen LogP contribution in [0.5, 0.6) is 5.75 Å². The molecule has 0 N–H and O–H groups in total. The quantitative estimate of drug-likeness (QED) is 0.819. The van der Waals surface area contributed by atoms with Crippen LogP contribution in [0.25, 0.3) is 0 Å². The number of halogens is 1. The summed E-state index contributed by atoms with van der Waals surface area (Å²) in [6.45, 7) is 0.901. The summed E-state index contributed by atoms with van der Waals surface area (Å²) in [7, 11) is 1.63. The lowest BCUT2D eigenvalue weighted by Gasteiger charge is -2.32. The van der Waals surface area contributed by atoms with E-state index in [1.807, 2.05) is 18.2 Å². The Hall–Kier alpha value is -1.03. The normalized spacial score (nSPS) is 25.4. The molecule has 20 heavy (non-hydrogen) atoms. The predicted octanol–water partition coefficient (Wildman–Crippen LogP) is 3.86. The molecule has 3 rings (SSSR count). The fourth-order valence-electron chi connectivity index (χ4n) is 3.61. The molecule has 4 heteroatoms. The molecule has 1 aliphatic carbocycles. The fourth-order valence-corrected chi connectivity index (χ4v) is 4.02. The minimum absolute atomic E-state index is 0.144. The second kappa shape index (κ2) is 5.76. The standard InChI is InChI=1S/C16H20BrNO2/c1-20-12-6-7-14(17)13(10-12)16(19)18-9-8-11-4-2-3-5-15(11)18/h6-7,10-11,15H,2-5,8-9H2,1H3. The van der Waals surface area contributed by atoms with Gasteiger partial charge >= 0.3 is 0 Å². The van der Waals surface area contributed by atoms with E-state index in [1.54, 1.807) is 7.11 Å². The predicted molar refractivity (Wildman–Crippen MR) is 82.1 cm³/mol. The van der Waals surface area contributed by atoms with Crippen LogP contribution in [0.15, 0.2) is 22.7 Å². The first-order valence-electron chi connectivity index (χ1n) is 7.35. The van der Waals surface area contributed by atoms with Crippen LogP contribution in [0.4, 0.5) is 0 Å². The van der Waals surface area contributed by atoms with Gasteiger partial charge in [-0.25, -0.2) is 0 Å². The second-order valence-corrected chi connectivity index (χ2v) is 6.60. The molecule has 108 valence electrons. The van der Waals surface area contributed by atoms with Gasteiger partial charge in [0.05, 0.1) is 12.7 Å². The summed E-state index contributed by atoms with van der Waals surface area (Å²) in [6.07, 6.45) is 6.19. The van der Waals surface area contributed by atoms with Gasteiger partial charge in [0.2, 0.25) is 0 Å². The third-order valence-corrected chi connectivity index (χ3v) is 5.37. The minimum atomic E-state index is 0.144. The summed E-state index contributed by atoms with van der Waals surface area (Å²) >= 11 is 3.49. The van der Waals surface area contributed by atoms with Crippen molar-refractivity contribution in [3.05, 3.63) is 28.2 Å². The number of likely N-dealkylation sites (tertiary alicyclic amines) is 1. The number of hydrogen-bond acceptors (Lipinski definition) is 2. The molecule has 0 aromatic heterocycles. The molecule has 1 aromatic rings. The number of methoxy groups -OCH3 is 1. The Morgan fingerprint density at radius 1 is 1.30 bits per heavy atom. The van der Waals surface area contributed by atoms with Crippen LogP contribution in [0.2, 0.25) is 0 Å². The fraction of sp³-hybridized carbons (Fsp3) is 0.562. The van der Waals surface area contributed by atoms with Crippen molar-refractivity contribution < 1.29 is 9.53 Å². The summed E-state index contributed by atoms with van der Waals surface area (Å²) in [5, 5.41) is 0. The van der Waals surface area contributed by atoms with Crippen molar-refractivity contribution in [1.29, 1.82) is 0 Å². The highest BCUT2D eigenvalue weighted by Gasteiger charge is 2.38. The van der Waals surface area contributed by atoms with Crippen LogP contribution in [0, 0.1) is 5.92 Å². The van der Waals surface area contributed by atoms with E-state index < -0.39 is 0 Å². The monoisotopic (exact) mass is 337 g/mol. The van der Waals surface area contributed by atoms with E-state index in [-0.39, 0.29) is 5.91 Å². The number of carbonyl (C=O) groups excluding carboxylic acids is 1. The highest BCUT2D eigenvalue weighted by Crippen LogP contribution is 2.37. The number of fused-ring (bicyclic) bond motifs is 1. The number of ether oxygens (including phenoxy) is 1. The van der Waals surface area contributed by atoms with Gasteiger partial charge in [0, 0.05) is 17.1 Å². The molecule has 1 aromatic carbocycles. The Balaban J connectivity index is 1.85. The van der Waals surface area contributed by atoms with E-state index in [2.05, 4.69) is 20.8 Å². The van der Waals surface area contributed by atoms with Crippen LogP contribution >= 0.6 is 15.9 Å². The average molecular weight is 338 g/mol. The zero-order valence-electron chi connectivity index (χ0n) is 11.8. The van der Waals surface area contributed by atoms with E-state index in [0.29, 0.717) is 6.04 Å². The largest absolute Gasteiger partial charge is 0.497 e. The van der Waals surface area contributed by atoms with Crippen molar-refractivity contribution >= 4 is 21.8 Å². The molecule has 1 heterocycles. The van der Waals surface area contributed by atoms with Crippen LogP contribution < -0.4 is 4.74 Å². The zero-order valence-corrected chi connectivity index (χ0v) is 13.4. The highest BCUT2D eigenvalue weighted by atomic mass is 79.9. The Morgan fingerprint density at radius 3 is 2.90 bits per heavy atom. The number of amides is 1. The van der Waals surface area contributed by atoms with Crippen molar-refractivity contribution in [3.63, 3.8) is 0 Å². The lowest BCUT2D eigenvalue weighted by molar-refractivity contribution is 0.0689. The maximum Gasteiger partial charge on any atom is 0.255 e. The van der Waals surface area contributed by atoms with E-state index >= 15 is 0 Å². The summed E-state index contributed by atoms with van der Waals surface area (Å²) in [6, 6.07) is 6.05. The van der Waals surface area contributed by atoms with Gasteiger partial charge < -0.3 is 9.64 Å². The van der Waals surface area contributed by atoms with Crippen molar-refractivity contribution in [3.8, 4) is 5.75 Å². The van der Waals surface area contributed by atoms with Gasteiger partial charge in [-0.1, -0.05) is 12.8 Å². The van der Waals surface area contributed by atoms with Crippen LogP contribution in [0.3, 0.4) is 0 Å². The molecule has 2 atom stereocenters. The molecule has 1 saturated carbocycles. The molecule has 2 unspecified atom stereocenters. The third-order valence-electron chi connectivity index (χ3n) is 4.67. The summed E-state index contributed by atoms with van der Waals surface area (Å²) < 4.78 is 6.09. The Bertz CT molecular complexity index is 517. The van der Waals surface area contributed by atoms with Crippen LogP contribution in [0.1, 0.15) is 42.5 Å². The topological polar surface area (TPSA) is 29.5 Å². The van der Waals surface area contributed by atoms with Crippen LogP contribution in [-0.2, 0) is 0 Å². The minimum Gasteiger partial charge on any atom is -0.497 e. The lowest BCUT2D eigenvalue weighted by atomic mass is 9.85. The van der Waals surface area contributed by atoms with E-state index in [4.69, 9.17) is 4.74 Å². The smallest absolute Gasteiger partial charge is 0.255 e. The van der Waals surface area contributed by atoms with Gasteiger partial charge in [-0.05, 0) is 59.3 Å². The van der Waals surface area contributed by atoms with Gasteiger partial charge in [-0.2, -0.15) is 0 Å². The van der Waals surface area contributed by atoms with Crippen molar-refractivity contribution in [2.75, 3.05) is 13.7 Å². The molecule has 0 radical (unpaired) electrons. The first kappa shape index (κ1) is 13.9. The Kier molecular flexibility index (Phi) is 4.01. The van der Waals surface area contributed by atoms with Crippen LogP contribution in [-0.4, -0.2) is 30.5 Å². The molecule has 0 spiro atoms. The molecule has 3 nitrogen and oxygen atoms in total. The highest BCUT2D eigenvalue weighted by molar-refractivity contribution is 9.10. The SMILES string of the molecule is COc1ccc(Br)c(C(=O)N2CCC3CCCCC32)c1. The maximum atomic E-state index is 12.8. The molecule has 1 saturated heterocycles. The van der Waals surface area contributed by atoms with E-state index in [0.717, 1.165) is 41.1 Å². The van der Waals surface area contributed by atoms with Crippen molar-refractivity contribution in [2.24, 2.45) is 5.92 Å². The molecule has 0 bridgehead atoms. The number of carbonyl (C=O) groups is 1. The third kappa shape index (κ3) is 2.46. The second-order valence-electron chi connectivity index (χ2n) is 5.74. The number of nitrogens with zero attached hydrogens (tertiary/aromatic N) is 1. The van der Waals surface area contributed by atoms with E-state index in [1.165, 1.54) is 19.3 Å². The Morgan fingerprint density at radius 2 is 2.10 bits per heavy atom. The molecule has 2 fully saturated rings. The first-order chi connectivity index (χ1) is 9.70. The molecule has 2 aliphatic rings. The number of hydrogen-bond donors (Lipinski definition) is 0. The zero-order chi connectivity index (χ0) is 14.1. The Labute approximate surface area is 128 Å². The van der Waals surface area contributed by atoms with Gasteiger partial charge in [-0.3, -0.25) is 4.79 Å². The van der Waals surface area contributed by atoms with Crippen molar-refractivity contribution in [2.45, 2.75) is 38.1 Å². The summed E-state index contributed by atoms with van der Waals surface area (Å²) in [5.41, 5.74) is 0.718. The molecular weight excluding hydrogens is 318 g/mol. The van der Waals surface area contributed by atoms with Gasteiger partial charge in [0.1, 0.15) is 5.75 Å². The maximum absolute atomic E-state index is 12.8. The molecule has 1 amide bonds. The molecule has 1 aliphatic heterocycles. The van der Waals surface area contributed by atoms with Crippen molar-refractivity contribution in [1.82, 2.24) is 4.90 Å².